The zero-order valence-electron chi connectivity index (χ0n) is 12.7. The van der Waals surface area contributed by atoms with E-state index in [2.05, 4.69) is 10.6 Å². The van der Waals surface area contributed by atoms with Crippen molar-refractivity contribution in [3.63, 3.8) is 0 Å². The molecule has 126 valence electrons. The van der Waals surface area contributed by atoms with Crippen LogP contribution in [0.4, 0.5) is 15.8 Å². The summed E-state index contributed by atoms with van der Waals surface area (Å²) in [4.78, 5) is 12.2. The summed E-state index contributed by atoms with van der Waals surface area (Å²) in [5.41, 5.74) is 0.428. The van der Waals surface area contributed by atoms with Crippen LogP contribution >= 0.6 is 0 Å². The fraction of sp³-hybridized carbons (Fsp3) is 0.533. The SMILES string of the molecule is O=C(Nc1ccc(F)c(N2CCCS2(=O)=O)c1)C1CCNCC1. The van der Waals surface area contributed by atoms with E-state index >= 15 is 0 Å². The number of piperidine rings is 1. The van der Waals surface area contributed by atoms with E-state index in [0.717, 1.165) is 30.2 Å². The van der Waals surface area contributed by atoms with Gasteiger partial charge in [-0.15, -0.1) is 0 Å². The smallest absolute Gasteiger partial charge is 0.235 e. The highest BCUT2D eigenvalue weighted by atomic mass is 32.2. The Morgan fingerprint density at radius 2 is 2.04 bits per heavy atom. The molecule has 2 fully saturated rings. The maximum atomic E-state index is 14.0. The predicted molar refractivity (Wildman–Crippen MR) is 86.4 cm³/mol. The van der Waals surface area contributed by atoms with E-state index in [0.29, 0.717) is 12.1 Å². The molecular formula is C15H20FN3O3S. The second-order valence-corrected chi connectivity index (χ2v) is 7.93. The zero-order chi connectivity index (χ0) is 16.4. The molecular weight excluding hydrogens is 321 g/mol. The van der Waals surface area contributed by atoms with E-state index in [1.54, 1.807) is 0 Å². The lowest BCUT2D eigenvalue weighted by atomic mass is 9.97. The van der Waals surface area contributed by atoms with Crippen molar-refractivity contribution in [2.75, 3.05) is 35.0 Å². The minimum Gasteiger partial charge on any atom is -0.326 e. The molecule has 0 atom stereocenters. The van der Waals surface area contributed by atoms with Crippen LogP contribution in [0.25, 0.3) is 0 Å². The second-order valence-electron chi connectivity index (χ2n) is 5.92. The number of benzene rings is 1. The normalized spacial score (nSPS) is 21.3. The van der Waals surface area contributed by atoms with Crippen molar-refractivity contribution in [1.82, 2.24) is 5.32 Å². The lowest BCUT2D eigenvalue weighted by Gasteiger charge is -2.22. The van der Waals surface area contributed by atoms with Crippen molar-refractivity contribution >= 4 is 27.3 Å². The standard InChI is InChI=1S/C15H20FN3O3S/c16-13-3-2-12(18-15(20)11-4-6-17-7-5-11)10-14(13)19-8-1-9-23(19,21)22/h2-3,10-11,17H,1,4-9H2,(H,18,20). The topological polar surface area (TPSA) is 78.5 Å². The number of nitrogens with one attached hydrogen (secondary N) is 2. The van der Waals surface area contributed by atoms with Gasteiger partial charge in [0, 0.05) is 18.2 Å². The Morgan fingerprint density at radius 3 is 2.70 bits per heavy atom. The summed E-state index contributed by atoms with van der Waals surface area (Å²) in [6.45, 7) is 1.88. The fourth-order valence-electron chi connectivity index (χ4n) is 3.02. The van der Waals surface area contributed by atoms with Gasteiger partial charge in [-0.25, -0.2) is 12.8 Å². The fourth-order valence-corrected chi connectivity index (χ4v) is 4.58. The average Bonchev–Trinajstić information content (AvgIpc) is 2.89. The van der Waals surface area contributed by atoms with Crippen molar-refractivity contribution in [3.05, 3.63) is 24.0 Å². The maximum absolute atomic E-state index is 14.0. The molecule has 6 nitrogen and oxygen atoms in total. The predicted octanol–water partition coefficient (Wildman–Crippen LogP) is 1.30. The van der Waals surface area contributed by atoms with Crippen LogP contribution in [0.2, 0.25) is 0 Å². The highest BCUT2D eigenvalue weighted by Gasteiger charge is 2.30. The van der Waals surface area contributed by atoms with Gasteiger partial charge in [0.1, 0.15) is 5.82 Å². The molecule has 1 aromatic rings. The number of sulfonamides is 1. The van der Waals surface area contributed by atoms with E-state index in [1.165, 1.54) is 18.2 Å². The molecule has 3 rings (SSSR count). The number of hydrogen-bond donors (Lipinski definition) is 2. The molecule has 2 saturated heterocycles. The van der Waals surface area contributed by atoms with Crippen LogP contribution in [0.15, 0.2) is 18.2 Å². The quantitative estimate of drug-likeness (QED) is 0.869. The maximum Gasteiger partial charge on any atom is 0.235 e. The minimum absolute atomic E-state index is 0.00520. The molecule has 1 amide bonds. The molecule has 2 N–H and O–H groups in total. The Hall–Kier alpha value is -1.67. The first-order valence-corrected chi connectivity index (χ1v) is 9.40. The summed E-state index contributed by atoms with van der Waals surface area (Å²) >= 11 is 0. The molecule has 0 radical (unpaired) electrons. The van der Waals surface area contributed by atoms with Crippen LogP contribution in [-0.2, 0) is 14.8 Å². The molecule has 2 aliphatic rings. The van der Waals surface area contributed by atoms with Crippen LogP contribution in [-0.4, -0.2) is 39.7 Å². The Balaban J connectivity index is 1.79. The first kappa shape index (κ1) is 16.2. The summed E-state index contributed by atoms with van der Waals surface area (Å²) in [6.07, 6.45) is 2.01. The summed E-state index contributed by atoms with van der Waals surface area (Å²) in [5.74, 6) is -0.748. The van der Waals surface area contributed by atoms with Gasteiger partial charge >= 0.3 is 0 Å². The van der Waals surface area contributed by atoms with Gasteiger partial charge < -0.3 is 10.6 Å². The minimum atomic E-state index is -3.46. The van der Waals surface area contributed by atoms with E-state index in [4.69, 9.17) is 0 Å². The summed E-state index contributed by atoms with van der Waals surface area (Å²) in [5, 5.41) is 5.97. The number of carbonyl (C=O) groups is 1. The van der Waals surface area contributed by atoms with Gasteiger partial charge in [0.25, 0.3) is 0 Å². The van der Waals surface area contributed by atoms with E-state index in [1.807, 2.05) is 0 Å². The van der Waals surface area contributed by atoms with Crippen molar-refractivity contribution in [2.24, 2.45) is 5.92 Å². The van der Waals surface area contributed by atoms with Gasteiger partial charge in [0.05, 0.1) is 11.4 Å². The molecule has 0 unspecified atom stereocenters. The highest BCUT2D eigenvalue weighted by molar-refractivity contribution is 7.93. The number of rotatable bonds is 3. The average molecular weight is 341 g/mol. The highest BCUT2D eigenvalue weighted by Crippen LogP contribution is 2.29. The lowest BCUT2D eigenvalue weighted by Crippen LogP contribution is -2.34. The summed E-state index contributed by atoms with van der Waals surface area (Å²) in [7, 11) is -3.46. The number of nitrogens with zero attached hydrogens (tertiary/aromatic N) is 1. The van der Waals surface area contributed by atoms with Crippen molar-refractivity contribution < 1.29 is 17.6 Å². The molecule has 0 bridgehead atoms. The van der Waals surface area contributed by atoms with E-state index < -0.39 is 15.8 Å². The van der Waals surface area contributed by atoms with E-state index in [9.17, 15) is 17.6 Å². The van der Waals surface area contributed by atoms with Crippen LogP contribution in [0.3, 0.4) is 0 Å². The van der Waals surface area contributed by atoms with Crippen LogP contribution in [0, 0.1) is 11.7 Å². The Bertz CT molecular complexity index is 702. The zero-order valence-corrected chi connectivity index (χ0v) is 13.5. The Labute approximate surface area is 135 Å². The molecule has 1 aromatic carbocycles. The lowest BCUT2D eigenvalue weighted by molar-refractivity contribution is -0.120. The molecule has 0 aliphatic carbocycles. The Morgan fingerprint density at radius 1 is 1.30 bits per heavy atom. The second kappa shape index (κ2) is 6.45. The number of amides is 1. The third kappa shape index (κ3) is 3.48. The molecule has 0 aromatic heterocycles. The number of anilines is 2. The van der Waals surface area contributed by atoms with Crippen LogP contribution in [0.5, 0.6) is 0 Å². The van der Waals surface area contributed by atoms with Crippen molar-refractivity contribution in [1.29, 1.82) is 0 Å². The molecule has 8 heteroatoms. The molecule has 23 heavy (non-hydrogen) atoms. The third-order valence-corrected chi connectivity index (χ3v) is 6.15. The van der Waals surface area contributed by atoms with Gasteiger partial charge in [-0.2, -0.15) is 0 Å². The largest absolute Gasteiger partial charge is 0.326 e. The number of carbonyl (C=O) groups excluding carboxylic acids is 1. The van der Waals surface area contributed by atoms with Crippen molar-refractivity contribution in [3.8, 4) is 0 Å². The molecule has 0 spiro atoms. The number of hydrogen-bond acceptors (Lipinski definition) is 4. The van der Waals surface area contributed by atoms with Gasteiger partial charge in [-0.05, 0) is 50.6 Å². The molecule has 0 saturated carbocycles. The van der Waals surface area contributed by atoms with Gasteiger partial charge in [0.2, 0.25) is 15.9 Å². The molecule has 2 aliphatic heterocycles. The van der Waals surface area contributed by atoms with Crippen molar-refractivity contribution in [2.45, 2.75) is 19.3 Å². The monoisotopic (exact) mass is 341 g/mol. The Kier molecular flexibility index (Phi) is 4.54. The molecule has 2 heterocycles. The summed E-state index contributed by atoms with van der Waals surface area (Å²) in [6, 6.07) is 4.05. The van der Waals surface area contributed by atoms with Gasteiger partial charge in [-0.3, -0.25) is 9.10 Å². The van der Waals surface area contributed by atoms with E-state index in [-0.39, 0.29) is 29.8 Å². The first-order valence-electron chi connectivity index (χ1n) is 7.79. The third-order valence-electron chi connectivity index (χ3n) is 4.29. The number of halogens is 1. The van der Waals surface area contributed by atoms with Crippen LogP contribution < -0.4 is 14.9 Å². The van der Waals surface area contributed by atoms with Crippen LogP contribution in [0.1, 0.15) is 19.3 Å². The first-order chi connectivity index (χ1) is 11.0. The van der Waals surface area contributed by atoms with Gasteiger partial charge in [-0.1, -0.05) is 0 Å². The van der Waals surface area contributed by atoms with Gasteiger partial charge in [0.15, 0.2) is 0 Å². The summed E-state index contributed by atoms with van der Waals surface area (Å²) < 4.78 is 39.0.